The van der Waals surface area contributed by atoms with E-state index in [1.54, 1.807) is 12.3 Å². The first kappa shape index (κ1) is 17.4. The minimum atomic E-state index is -1.50. The standard InChI is InChI=1S/C19H20BN5O2/c1-13-10-15-16(20(26)27)8-5-9-17(15)25(13)19-23-18(12-22-24-19)21-11-14-6-3-2-4-7-14/h2-9,12-13,26-27H,10-11H2,1H3,(H,21,23,24). The first-order valence-electron chi connectivity index (χ1n) is 8.88. The van der Waals surface area contributed by atoms with Crippen LogP contribution in [0.5, 0.6) is 0 Å². The number of benzene rings is 2. The van der Waals surface area contributed by atoms with Crippen molar-refractivity contribution in [2.75, 3.05) is 10.2 Å². The van der Waals surface area contributed by atoms with Gasteiger partial charge in [-0.1, -0.05) is 42.5 Å². The van der Waals surface area contributed by atoms with Crippen molar-refractivity contribution >= 4 is 30.0 Å². The molecule has 0 fully saturated rings. The van der Waals surface area contributed by atoms with E-state index in [1.165, 1.54) is 0 Å². The zero-order valence-electron chi connectivity index (χ0n) is 14.9. The van der Waals surface area contributed by atoms with Gasteiger partial charge in [0.25, 0.3) is 5.95 Å². The van der Waals surface area contributed by atoms with Gasteiger partial charge in [-0.25, -0.2) is 0 Å². The highest BCUT2D eigenvalue weighted by molar-refractivity contribution is 6.59. The van der Waals surface area contributed by atoms with E-state index in [1.807, 2.05) is 47.4 Å². The normalized spacial score (nSPS) is 15.5. The first-order valence-corrected chi connectivity index (χ1v) is 8.88. The largest absolute Gasteiger partial charge is 0.488 e. The molecular weight excluding hydrogens is 341 g/mol. The summed E-state index contributed by atoms with van der Waals surface area (Å²) in [7, 11) is -1.50. The van der Waals surface area contributed by atoms with Gasteiger partial charge in [-0.05, 0) is 36.0 Å². The number of nitrogens with zero attached hydrogens (tertiary/aromatic N) is 4. The monoisotopic (exact) mass is 361 g/mol. The Morgan fingerprint density at radius 3 is 2.74 bits per heavy atom. The molecule has 8 heteroatoms. The summed E-state index contributed by atoms with van der Waals surface area (Å²) >= 11 is 0. The molecule has 0 amide bonds. The smallest absolute Gasteiger partial charge is 0.423 e. The molecule has 0 aliphatic carbocycles. The van der Waals surface area contributed by atoms with Crippen LogP contribution in [-0.2, 0) is 13.0 Å². The topological polar surface area (TPSA) is 94.4 Å². The summed E-state index contributed by atoms with van der Waals surface area (Å²) < 4.78 is 0. The summed E-state index contributed by atoms with van der Waals surface area (Å²) in [6.07, 6.45) is 2.29. The summed E-state index contributed by atoms with van der Waals surface area (Å²) in [6, 6.07) is 15.6. The molecule has 0 bridgehead atoms. The Morgan fingerprint density at radius 2 is 1.96 bits per heavy atom. The first-order chi connectivity index (χ1) is 13.1. The van der Waals surface area contributed by atoms with E-state index in [4.69, 9.17) is 0 Å². The molecule has 2 aromatic carbocycles. The fourth-order valence-electron chi connectivity index (χ4n) is 3.48. The van der Waals surface area contributed by atoms with E-state index < -0.39 is 7.12 Å². The number of rotatable bonds is 5. The van der Waals surface area contributed by atoms with Crippen LogP contribution in [0.3, 0.4) is 0 Å². The van der Waals surface area contributed by atoms with Gasteiger partial charge in [-0.3, -0.25) is 0 Å². The molecule has 7 nitrogen and oxygen atoms in total. The highest BCUT2D eigenvalue weighted by Crippen LogP contribution is 2.35. The molecule has 0 saturated carbocycles. The third-order valence-electron chi connectivity index (χ3n) is 4.75. The average molecular weight is 361 g/mol. The van der Waals surface area contributed by atoms with Gasteiger partial charge in [0, 0.05) is 18.3 Å². The van der Waals surface area contributed by atoms with Crippen LogP contribution in [0, 0.1) is 0 Å². The minimum absolute atomic E-state index is 0.0890. The van der Waals surface area contributed by atoms with Crippen LogP contribution < -0.4 is 15.7 Å². The van der Waals surface area contributed by atoms with Crippen molar-refractivity contribution in [3.8, 4) is 0 Å². The molecule has 0 spiro atoms. The van der Waals surface area contributed by atoms with Gasteiger partial charge in [0.05, 0.1) is 6.20 Å². The Hall–Kier alpha value is -2.97. The lowest BCUT2D eigenvalue weighted by molar-refractivity contribution is 0.425. The Kier molecular flexibility index (Phi) is 4.74. The van der Waals surface area contributed by atoms with Crippen molar-refractivity contribution in [2.45, 2.75) is 25.9 Å². The quantitative estimate of drug-likeness (QED) is 0.589. The number of aromatic nitrogens is 3. The molecule has 1 aromatic heterocycles. The van der Waals surface area contributed by atoms with Gasteiger partial charge in [0.1, 0.15) is 0 Å². The van der Waals surface area contributed by atoms with Crippen molar-refractivity contribution in [3.63, 3.8) is 0 Å². The summed E-state index contributed by atoms with van der Waals surface area (Å²) in [4.78, 5) is 6.60. The minimum Gasteiger partial charge on any atom is -0.423 e. The maximum Gasteiger partial charge on any atom is 0.488 e. The molecule has 0 radical (unpaired) electrons. The number of hydrogen-bond donors (Lipinski definition) is 3. The lowest BCUT2D eigenvalue weighted by Gasteiger charge is -2.22. The second-order valence-corrected chi connectivity index (χ2v) is 6.62. The highest BCUT2D eigenvalue weighted by Gasteiger charge is 2.33. The fourth-order valence-corrected chi connectivity index (χ4v) is 3.48. The van der Waals surface area contributed by atoms with Crippen LogP contribution in [-0.4, -0.2) is 38.4 Å². The molecular formula is C19H20BN5O2. The molecule has 1 unspecified atom stereocenters. The summed E-state index contributed by atoms with van der Waals surface area (Å²) in [5.74, 6) is 1.13. The third-order valence-corrected chi connectivity index (χ3v) is 4.75. The Bertz CT molecular complexity index is 938. The van der Waals surface area contributed by atoms with E-state index in [9.17, 15) is 10.0 Å². The Labute approximate surface area is 157 Å². The van der Waals surface area contributed by atoms with E-state index >= 15 is 0 Å². The summed E-state index contributed by atoms with van der Waals surface area (Å²) in [5.41, 5.74) is 3.47. The van der Waals surface area contributed by atoms with Crippen molar-refractivity contribution < 1.29 is 10.0 Å². The molecule has 1 atom stereocenters. The predicted octanol–water partition coefficient (Wildman–Crippen LogP) is 1.25. The number of hydrogen-bond acceptors (Lipinski definition) is 7. The third kappa shape index (κ3) is 3.49. The van der Waals surface area contributed by atoms with Gasteiger partial charge >= 0.3 is 7.12 Å². The maximum atomic E-state index is 9.64. The average Bonchev–Trinajstić information content (AvgIpc) is 3.03. The van der Waals surface area contributed by atoms with Gasteiger partial charge in [0.15, 0.2) is 5.82 Å². The molecule has 1 aliphatic heterocycles. The SMILES string of the molecule is CC1Cc2c(B(O)O)cccc2N1c1nncc(NCc2ccccc2)n1. The van der Waals surface area contributed by atoms with Gasteiger partial charge in [-0.2, -0.15) is 10.1 Å². The Balaban J connectivity index is 1.60. The van der Waals surface area contributed by atoms with E-state index in [0.717, 1.165) is 16.8 Å². The van der Waals surface area contributed by atoms with E-state index in [0.29, 0.717) is 30.2 Å². The van der Waals surface area contributed by atoms with Crippen LogP contribution in [0.25, 0.3) is 0 Å². The van der Waals surface area contributed by atoms with Crippen molar-refractivity contribution in [2.24, 2.45) is 0 Å². The fraction of sp³-hybridized carbons (Fsp3) is 0.211. The molecule has 136 valence electrons. The number of nitrogens with one attached hydrogen (secondary N) is 1. The zero-order valence-corrected chi connectivity index (χ0v) is 14.9. The summed E-state index contributed by atoms with van der Waals surface area (Å²) in [5, 5.41) is 30.8. The predicted molar refractivity (Wildman–Crippen MR) is 105 cm³/mol. The summed E-state index contributed by atoms with van der Waals surface area (Å²) in [6.45, 7) is 2.70. The second kappa shape index (κ2) is 7.34. The van der Waals surface area contributed by atoms with Gasteiger partial charge < -0.3 is 20.3 Å². The lowest BCUT2D eigenvalue weighted by Crippen LogP contribution is -2.32. The van der Waals surface area contributed by atoms with Crippen LogP contribution in [0.15, 0.2) is 54.7 Å². The molecule has 3 aromatic rings. The number of fused-ring (bicyclic) bond motifs is 1. The molecule has 27 heavy (non-hydrogen) atoms. The van der Waals surface area contributed by atoms with Crippen molar-refractivity contribution in [3.05, 3.63) is 65.9 Å². The second-order valence-electron chi connectivity index (χ2n) is 6.62. The van der Waals surface area contributed by atoms with Crippen LogP contribution in [0.2, 0.25) is 0 Å². The molecule has 2 heterocycles. The molecule has 1 aliphatic rings. The van der Waals surface area contributed by atoms with Crippen molar-refractivity contribution in [1.29, 1.82) is 0 Å². The van der Waals surface area contributed by atoms with Gasteiger partial charge in [-0.15, -0.1) is 5.10 Å². The zero-order chi connectivity index (χ0) is 18.8. The maximum absolute atomic E-state index is 9.64. The molecule has 0 saturated heterocycles. The van der Waals surface area contributed by atoms with E-state index in [2.05, 4.69) is 27.4 Å². The van der Waals surface area contributed by atoms with Gasteiger partial charge in [0.2, 0.25) is 0 Å². The highest BCUT2D eigenvalue weighted by atomic mass is 16.4. The van der Waals surface area contributed by atoms with Crippen molar-refractivity contribution in [1.82, 2.24) is 15.2 Å². The molecule has 3 N–H and O–H groups in total. The van der Waals surface area contributed by atoms with Crippen LogP contribution >= 0.6 is 0 Å². The van der Waals surface area contributed by atoms with E-state index in [-0.39, 0.29) is 6.04 Å². The lowest BCUT2D eigenvalue weighted by atomic mass is 9.76. The Morgan fingerprint density at radius 1 is 1.15 bits per heavy atom. The number of anilines is 3. The van der Waals surface area contributed by atoms with Crippen LogP contribution in [0.1, 0.15) is 18.1 Å². The molecule has 4 rings (SSSR count). The van der Waals surface area contributed by atoms with Crippen LogP contribution in [0.4, 0.5) is 17.5 Å².